The highest BCUT2D eigenvalue weighted by Gasteiger charge is 2.36. The quantitative estimate of drug-likeness (QED) is 0.787. The molecule has 1 saturated heterocycles. The number of fused-ring (bicyclic) bond motifs is 1. The molecule has 2 N–H and O–H groups in total. The van der Waals surface area contributed by atoms with Crippen molar-refractivity contribution in [2.24, 2.45) is 5.92 Å². The van der Waals surface area contributed by atoms with Crippen molar-refractivity contribution in [1.82, 2.24) is 10.6 Å². The normalized spacial score (nSPS) is 17.7. The number of anilines is 1. The van der Waals surface area contributed by atoms with E-state index in [0.717, 1.165) is 29.9 Å². The van der Waals surface area contributed by atoms with Gasteiger partial charge in [0.1, 0.15) is 5.75 Å². The molecule has 2 heterocycles. The highest BCUT2D eigenvalue weighted by molar-refractivity contribution is 6.01. The topological polar surface area (TPSA) is 70.7 Å². The number of benzene rings is 2. The summed E-state index contributed by atoms with van der Waals surface area (Å²) in [7, 11) is 1.59. The summed E-state index contributed by atoms with van der Waals surface area (Å²) < 4.78 is 5.40. The molecule has 7 heteroatoms. The van der Waals surface area contributed by atoms with Gasteiger partial charge in [0, 0.05) is 32.6 Å². The first-order valence-corrected chi connectivity index (χ1v) is 9.59. The first-order chi connectivity index (χ1) is 13.5. The van der Waals surface area contributed by atoms with E-state index in [1.54, 1.807) is 12.0 Å². The van der Waals surface area contributed by atoms with Gasteiger partial charge in [0.05, 0.1) is 18.7 Å². The van der Waals surface area contributed by atoms with Crippen molar-refractivity contribution in [2.75, 3.05) is 18.6 Å². The highest BCUT2D eigenvalue weighted by atomic mass is 35.5. The lowest BCUT2D eigenvalue weighted by Gasteiger charge is -2.20. The van der Waals surface area contributed by atoms with Crippen molar-refractivity contribution in [1.29, 1.82) is 0 Å². The minimum atomic E-state index is -0.353. The number of methoxy groups -OCH3 is 1. The van der Waals surface area contributed by atoms with Crippen LogP contribution in [0.2, 0.25) is 0 Å². The number of ether oxygens (including phenoxy) is 1. The van der Waals surface area contributed by atoms with Crippen LogP contribution in [-0.2, 0) is 29.2 Å². The lowest BCUT2D eigenvalue weighted by atomic mass is 10.1. The van der Waals surface area contributed by atoms with E-state index in [4.69, 9.17) is 4.74 Å². The van der Waals surface area contributed by atoms with Crippen LogP contribution in [0, 0.1) is 12.8 Å². The summed E-state index contributed by atoms with van der Waals surface area (Å²) in [6, 6.07) is 12.0. The Labute approximate surface area is 177 Å². The first kappa shape index (κ1) is 21.1. The Morgan fingerprint density at radius 3 is 2.79 bits per heavy atom. The third kappa shape index (κ3) is 4.38. The molecule has 0 radical (unpaired) electrons. The fourth-order valence-electron chi connectivity index (χ4n) is 3.92. The molecule has 6 nitrogen and oxygen atoms in total. The number of carbonyl (C=O) groups excluding carboxylic acids is 2. The lowest BCUT2D eigenvalue weighted by molar-refractivity contribution is -0.126. The molecule has 1 atom stereocenters. The van der Waals surface area contributed by atoms with Crippen LogP contribution in [0.3, 0.4) is 0 Å². The minimum Gasteiger partial charge on any atom is -0.495 e. The third-order valence-corrected chi connectivity index (χ3v) is 5.49. The van der Waals surface area contributed by atoms with Crippen LogP contribution in [0.25, 0.3) is 0 Å². The summed E-state index contributed by atoms with van der Waals surface area (Å²) in [5.74, 6) is 0.161. The van der Waals surface area contributed by atoms with Gasteiger partial charge in [0.25, 0.3) is 0 Å². The van der Waals surface area contributed by atoms with Crippen molar-refractivity contribution in [2.45, 2.75) is 33.0 Å². The number of amides is 2. The molecule has 2 aliphatic heterocycles. The zero-order valence-electron chi connectivity index (χ0n) is 16.7. The fraction of sp³-hybridized carbons (Fsp3) is 0.364. The number of rotatable bonds is 5. The predicted octanol–water partition coefficient (Wildman–Crippen LogP) is 2.70. The van der Waals surface area contributed by atoms with Gasteiger partial charge in [-0.1, -0.05) is 24.3 Å². The Kier molecular flexibility index (Phi) is 6.45. The maximum atomic E-state index is 12.7. The Morgan fingerprint density at radius 1 is 1.21 bits per heavy atom. The number of carbonyl (C=O) groups is 2. The third-order valence-electron chi connectivity index (χ3n) is 5.49. The van der Waals surface area contributed by atoms with Crippen molar-refractivity contribution in [3.63, 3.8) is 0 Å². The smallest absolute Gasteiger partial charge is 0.227 e. The summed E-state index contributed by atoms with van der Waals surface area (Å²) in [6.07, 6.45) is 0.219. The monoisotopic (exact) mass is 415 g/mol. The van der Waals surface area contributed by atoms with Crippen LogP contribution in [0.15, 0.2) is 36.4 Å². The molecule has 4 rings (SSSR count). The van der Waals surface area contributed by atoms with Gasteiger partial charge in [0.15, 0.2) is 0 Å². The number of aryl methyl sites for hydroxylation is 1. The maximum absolute atomic E-state index is 12.7. The largest absolute Gasteiger partial charge is 0.495 e. The highest BCUT2D eigenvalue weighted by Crippen LogP contribution is 2.34. The van der Waals surface area contributed by atoms with Crippen LogP contribution >= 0.6 is 12.4 Å². The average molecular weight is 416 g/mol. The summed E-state index contributed by atoms with van der Waals surface area (Å²) in [5.41, 5.74) is 5.47. The minimum absolute atomic E-state index is 0. The lowest BCUT2D eigenvalue weighted by Crippen LogP contribution is -2.32. The van der Waals surface area contributed by atoms with Crippen LogP contribution in [0.1, 0.15) is 28.7 Å². The van der Waals surface area contributed by atoms with Gasteiger partial charge in [-0.15, -0.1) is 12.4 Å². The molecule has 0 aromatic heterocycles. The second-order valence-electron chi connectivity index (χ2n) is 7.51. The molecule has 2 aliphatic rings. The molecule has 0 saturated carbocycles. The Balaban J connectivity index is 0.00000240. The van der Waals surface area contributed by atoms with Crippen molar-refractivity contribution < 1.29 is 14.3 Å². The first-order valence-electron chi connectivity index (χ1n) is 9.59. The van der Waals surface area contributed by atoms with Gasteiger partial charge in [0.2, 0.25) is 11.8 Å². The number of hydrogen-bond donors (Lipinski definition) is 2. The fourth-order valence-corrected chi connectivity index (χ4v) is 3.92. The van der Waals surface area contributed by atoms with E-state index < -0.39 is 0 Å². The number of halogens is 1. The van der Waals surface area contributed by atoms with Gasteiger partial charge >= 0.3 is 0 Å². The summed E-state index contributed by atoms with van der Waals surface area (Å²) >= 11 is 0. The van der Waals surface area contributed by atoms with E-state index in [-0.39, 0.29) is 36.6 Å². The molecule has 2 aromatic carbocycles. The zero-order chi connectivity index (χ0) is 19.7. The van der Waals surface area contributed by atoms with Crippen LogP contribution in [0.4, 0.5) is 5.69 Å². The van der Waals surface area contributed by atoms with Crippen molar-refractivity contribution in [3.05, 3.63) is 58.7 Å². The van der Waals surface area contributed by atoms with E-state index in [9.17, 15) is 9.59 Å². The predicted molar refractivity (Wildman–Crippen MR) is 114 cm³/mol. The Bertz CT molecular complexity index is 932. The molecule has 0 spiro atoms. The molecule has 2 aromatic rings. The Morgan fingerprint density at radius 2 is 2.00 bits per heavy atom. The van der Waals surface area contributed by atoms with E-state index >= 15 is 0 Å². The van der Waals surface area contributed by atoms with Crippen LogP contribution in [0.5, 0.6) is 5.75 Å². The molecular formula is C22H26ClN3O3. The second-order valence-corrected chi connectivity index (χ2v) is 7.51. The van der Waals surface area contributed by atoms with E-state index in [1.165, 1.54) is 11.1 Å². The molecule has 1 fully saturated rings. The number of nitrogens with zero attached hydrogens (tertiary/aromatic N) is 1. The molecule has 1 unspecified atom stereocenters. The van der Waals surface area contributed by atoms with Crippen LogP contribution in [-0.4, -0.2) is 25.5 Å². The maximum Gasteiger partial charge on any atom is 0.227 e. The second kappa shape index (κ2) is 8.84. The van der Waals surface area contributed by atoms with Gasteiger partial charge in [-0.2, -0.15) is 0 Å². The molecule has 0 aliphatic carbocycles. The van der Waals surface area contributed by atoms with Crippen molar-refractivity contribution in [3.8, 4) is 5.75 Å². The summed E-state index contributed by atoms with van der Waals surface area (Å²) in [5, 5.41) is 6.32. The van der Waals surface area contributed by atoms with E-state index in [0.29, 0.717) is 18.8 Å². The zero-order valence-corrected chi connectivity index (χ0v) is 17.5. The van der Waals surface area contributed by atoms with Crippen molar-refractivity contribution >= 4 is 29.9 Å². The molecule has 2 amide bonds. The standard InChI is InChI=1S/C22H25N3O3.ClH/c1-14-3-6-20(28-2)19(7-14)25-13-18(9-21(25)26)22(27)24-10-15-4-5-16-11-23-12-17(16)8-15;/h3-8,18,23H,9-13H2,1-2H3,(H,24,27);1H. The molecule has 0 bridgehead atoms. The SMILES string of the molecule is COc1ccc(C)cc1N1CC(C(=O)NCc2ccc3c(c2)CNC3)CC1=O.Cl. The van der Waals surface area contributed by atoms with Gasteiger partial charge in [-0.05, 0) is 41.3 Å². The summed E-state index contributed by atoms with van der Waals surface area (Å²) in [4.78, 5) is 26.9. The molecule has 154 valence electrons. The molecule has 29 heavy (non-hydrogen) atoms. The number of nitrogens with one attached hydrogen (secondary N) is 2. The van der Waals surface area contributed by atoms with E-state index in [1.807, 2.05) is 25.1 Å². The average Bonchev–Trinajstić information content (AvgIpc) is 3.32. The van der Waals surface area contributed by atoms with E-state index in [2.05, 4.69) is 28.8 Å². The van der Waals surface area contributed by atoms with Gasteiger partial charge < -0.3 is 20.3 Å². The van der Waals surface area contributed by atoms with Gasteiger partial charge in [-0.25, -0.2) is 0 Å². The van der Waals surface area contributed by atoms with Gasteiger partial charge in [-0.3, -0.25) is 9.59 Å². The molecular weight excluding hydrogens is 390 g/mol. The Hall–Kier alpha value is -2.57. The number of hydrogen-bond acceptors (Lipinski definition) is 4. The van der Waals surface area contributed by atoms with Crippen LogP contribution < -0.4 is 20.3 Å². The summed E-state index contributed by atoms with van der Waals surface area (Å²) in [6.45, 7) is 4.61.